The highest BCUT2D eigenvalue weighted by molar-refractivity contribution is 6.35. The Balaban J connectivity index is 1.56. The molecule has 0 radical (unpaired) electrons. The summed E-state index contributed by atoms with van der Waals surface area (Å²) in [5.74, 6) is -2.88. The molecule has 1 aliphatic carbocycles. The van der Waals surface area contributed by atoms with Crippen LogP contribution in [0.25, 0.3) is 10.9 Å². The predicted molar refractivity (Wildman–Crippen MR) is 143 cm³/mol. The number of methoxy groups -OCH3 is 1. The Hall–Kier alpha value is -3.37. The summed E-state index contributed by atoms with van der Waals surface area (Å²) in [6.07, 6.45) is 0.876. The third-order valence-electron chi connectivity index (χ3n) is 7.30. The standard InChI is InChI=1S/C27H25Cl2F2N3O5/c1-39-25-22-16(9-20(31)23(25)33-6-4-13(5-7-33)27(37)38)24(35)17(12-34(22)21-10-19(21)30)26(36)32-11-14-2-3-15(28)8-18(14)29/h2-3,8-9,12-13,19,21H,4-7,10-11H2,1H3,(H,32,36)(H,37,38)/t19-,21+/m1/s1. The fourth-order valence-corrected chi connectivity index (χ4v) is 5.56. The van der Waals surface area contributed by atoms with Crippen LogP contribution in [0.4, 0.5) is 14.5 Å². The molecule has 2 heterocycles. The van der Waals surface area contributed by atoms with E-state index in [1.54, 1.807) is 17.0 Å². The number of carboxylic acids is 1. The number of nitrogens with one attached hydrogen (secondary N) is 1. The van der Waals surface area contributed by atoms with E-state index in [0.717, 1.165) is 6.07 Å². The van der Waals surface area contributed by atoms with Gasteiger partial charge in [0.2, 0.25) is 5.43 Å². The number of fused-ring (bicyclic) bond motifs is 1. The molecule has 2 aliphatic rings. The smallest absolute Gasteiger partial charge is 0.306 e. The lowest BCUT2D eigenvalue weighted by atomic mass is 9.96. The fourth-order valence-electron chi connectivity index (χ4n) is 5.08. The molecular formula is C27H25Cl2F2N3O5. The largest absolute Gasteiger partial charge is 0.492 e. The number of halogens is 4. The van der Waals surface area contributed by atoms with Crippen LogP contribution in [-0.2, 0) is 11.3 Å². The van der Waals surface area contributed by atoms with Gasteiger partial charge in [0.05, 0.1) is 30.0 Å². The number of piperidine rings is 1. The zero-order valence-corrected chi connectivity index (χ0v) is 22.4. The molecule has 2 fully saturated rings. The number of amides is 1. The molecule has 39 heavy (non-hydrogen) atoms. The molecule has 206 valence electrons. The van der Waals surface area contributed by atoms with Crippen LogP contribution in [0.2, 0.25) is 10.0 Å². The molecule has 1 aliphatic heterocycles. The highest BCUT2D eigenvalue weighted by Crippen LogP contribution is 2.45. The van der Waals surface area contributed by atoms with E-state index >= 15 is 4.39 Å². The highest BCUT2D eigenvalue weighted by Gasteiger charge is 2.41. The van der Waals surface area contributed by atoms with Crippen LogP contribution < -0.4 is 20.4 Å². The topological polar surface area (TPSA) is 101 Å². The second-order valence-corrected chi connectivity index (χ2v) is 10.6. The minimum Gasteiger partial charge on any atom is -0.492 e. The summed E-state index contributed by atoms with van der Waals surface area (Å²) >= 11 is 12.1. The number of aliphatic carboxylic acids is 1. The van der Waals surface area contributed by atoms with Gasteiger partial charge < -0.3 is 24.6 Å². The molecule has 8 nitrogen and oxygen atoms in total. The van der Waals surface area contributed by atoms with E-state index in [1.807, 2.05) is 0 Å². The SMILES string of the molecule is COc1c(N2CCC(C(=O)O)CC2)c(F)cc2c(=O)c(C(=O)NCc3ccc(Cl)cc3Cl)cn([C@H]3C[C@H]3F)c12. The minimum atomic E-state index is -1.20. The summed E-state index contributed by atoms with van der Waals surface area (Å²) in [5, 5.41) is 12.6. The summed E-state index contributed by atoms with van der Waals surface area (Å²) in [7, 11) is 1.33. The average Bonchev–Trinajstić information content (AvgIpc) is 3.63. The maximum atomic E-state index is 15.6. The van der Waals surface area contributed by atoms with Crippen molar-refractivity contribution < 1.29 is 28.2 Å². The van der Waals surface area contributed by atoms with Crippen molar-refractivity contribution in [2.75, 3.05) is 25.1 Å². The van der Waals surface area contributed by atoms with Crippen molar-refractivity contribution in [3.63, 3.8) is 0 Å². The molecule has 2 aromatic carbocycles. The van der Waals surface area contributed by atoms with Crippen molar-refractivity contribution in [1.29, 1.82) is 0 Å². The molecule has 0 unspecified atom stereocenters. The molecule has 1 saturated heterocycles. The van der Waals surface area contributed by atoms with Gasteiger partial charge in [0.1, 0.15) is 17.4 Å². The van der Waals surface area contributed by atoms with Gasteiger partial charge >= 0.3 is 5.97 Å². The first kappa shape index (κ1) is 27.2. The second kappa shape index (κ2) is 10.7. The molecule has 1 aromatic heterocycles. The number of carbonyl (C=O) groups is 2. The van der Waals surface area contributed by atoms with Crippen LogP contribution in [0.15, 0.2) is 35.3 Å². The van der Waals surface area contributed by atoms with Gasteiger partial charge in [0.25, 0.3) is 5.91 Å². The normalized spacial score (nSPS) is 19.3. The molecule has 2 atom stereocenters. The molecule has 1 amide bonds. The van der Waals surface area contributed by atoms with Crippen molar-refractivity contribution in [2.45, 2.75) is 38.0 Å². The summed E-state index contributed by atoms with van der Waals surface area (Å²) in [6, 6.07) is 5.16. The van der Waals surface area contributed by atoms with Gasteiger partial charge in [-0.1, -0.05) is 29.3 Å². The molecular weight excluding hydrogens is 555 g/mol. The first-order valence-electron chi connectivity index (χ1n) is 12.4. The van der Waals surface area contributed by atoms with Crippen LogP contribution >= 0.6 is 23.2 Å². The van der Waals surface area contributed by atoms with Crippen LogP contribution in [0.1, 0.15) is 41.2 Å². The van der Waals surface area contributed by atoms with E-state index in [2.05, 4.69) is 5.32 Å². The Morgan fingerprint density at radius 2 is 1.90 bits per heavy atom. The Morgan fingerprint density at radius 1 is 1.21 bits per heavy atom. The van der Waals surface area contributed by atoms with Gasteiger partial charge in [-0.2, -0.15) is 0 Å². The van der Waals surface area contributed by atoms with Crippen molar-refractivity contribution in [2.24, 2.45) is 5.92 Å². The van der Waals surface area contributed by atoms with Crippen molar-refractivity contribution in [1.82, 2.24) is 9.88 Å². The molecule has 5 rings (SSSR count). The fraction of sp³-hybridized carbons (Fsp3) is 0.370. The lowest BCUT2D eigenvalue weighted by Crippen LogP contribution is -2.37. The average molecular weight is 580 g/mol. The number of carbonyl (C=O) groups excluding carboxylic acids is 1. The number of aromatic nitrogens is 1. The Bertz CT molecular complexity index is 1540. The number of nitrogens with zero attached hydrogens (tertiary/aromatic N) is 2. The van der Waals surface area contributed by atoms with Crippen molar-refractivity contribution >= 4 is 51.7 Å². The van der Waals surface area contributed by atoms with E-state index < -0.39 is 41.3 Å². The number of hydrogen-bond donors (Lipinski definition) is 2. The summed E-state index contributed by atoms with van der Waals surface area (Å²) < 4.78 is 37.0. The molecule has 3 aromatic rings. The number of pyridine rings is 1. The zero-order chi connectivity index (χ0) is 28.0. The van der Waals surface area contributed by atoms with Gasteiger partial charge in [-0.3, -0.25) is 14.4 Å². The van der Waals surface area contributed by atoms with Crippen LogP contribution in [-0.4, -0.2) is 47.9 Å². The van der Waals surface area contributed by atoms with Gasteiger partial charge in [0.15, 0.2) is 11.6 Å². The number of rotatable bonds is 7. The first-order valence-corrected chi connectivity index (χ1v) is 13.2. The predicted octanol–water partition coefficient (Wildman–Crippen LogP) is 4.97. The van der Waals surface area contributed by atoms with Gasteiger partial charge in [-0.25, -0.2) is 8.78 Å². The Labute approximate surface area is 232 Å². The van der Waals surface area contributed by atoms with Crippen molar-refractivity contribution in [3.05, 3.63) is 67.7 Å². The number of ether oxygens (including phenoxy) is 1. The van der Waals surface area contributed by atoms with E-state index in [0.29, 0.717) is 28.5 Å². The monoisotopic (exact) mass is 579 g/mol. The van der Waals surface area contributed by atoms with E-state index in [4.69, 9.17) is 27.9 Å². The van der Waals surface area contributed by atoms with Crippen LogP contribution in [0.3, 0.4) is 0 Å². The van der Waals surface area contributed by atoms with E-state index in [1.165, 1.54) is 23.9 Å². The zero-order valence-electron chi connectivity index (χ0n) is 20.8. The summed E-state index contributed by atoms with van der Waals surface area (Å²) in [4.78, 5) is 39.6. The minimum absolute atomic E-state index is 0.00436. The van der Waals surface area contributed by atoms with Crippen LogP contribution in [0.5, 0.6) is 5.75 Å². The Morgan fingerprint density at radius 3 is 2.49 bits per heavy atom. The number of benzene rings is 2. The summed E-state index contributed by atoms with van der Waals surface area (Å²) in [5.41, 5.74) is -0.173. The van der Waals surface area contributed by atoms with Gasteiger partial charge in [-0.05, 0) is 36.6 Å². The molecule has 0 bridgehead atoms. The Kier molecular flexibility index (Phi) is 7.43. The molecule has 0 spiro atoms. The van der Waals surface area contributed by atoms with Gasteiger partial charge in [-0.15, -0.1) is 0 Å². The van der Waals surface area contributed by atoms with Crippen molar-refractivity contribution in [3.8, 4) is 5.75 Å². The maximum absolute atomic E-state index is 15.6. The highest BCUT2D eigenvalue weighted by atomic mass is 35.5. The number of anilines is 1. The molecule has 2 N–H and O–H groups in total. The van der Waals surface area contributed by atoms with E-state index in [9.17, 15) is 23.9 Å². The first-order chi connectivity index (χ1) is 18.6. The third-order valence-corrected chi connectivity index (χ3v) is 7.89. The molecule has 12 heteroatoms. The number of hydrogen-bond acceptors (Lipinski definition) is 5. The number of carboxylic acid groups (broad SMARTS) is 1. The lowest BCUT2D eigenvalue weighted by Gasteiger charge is -2.33. The van der Waals surface area contributed by atoms with Crippen LogP contribution in [0, 0.1) is 11.7 Å². The van der Waals surface area contributed by atoms with Gasteiger partial charge in [0, 0.05) is 42.3 Å². The lowest BCUT2D eigenvalue weighted by molar-refractivity contribution is -0.142. The third kappa shape index (κ3) is 5.15. The quantitative estimate of drug-likeness (QED) is 0.410. The second-order valence-electron chi connectivity index (χ2n) is 9.75. The van der Waals surface area contributed by atoms with E-state index in [-0.39, 0.29) is 54.0 Å². The maximum Gasteiger partial charge on any atom is 0.306 e. The summed E-state index contributed by atoms with van der Waals surface area (Å²) in [6.45, 7) is 0.538. The molecule has 1 saturated carbocycles. The number of alkyl halides is 1.